The predicted octanol–water partition coefficient (Wildman–Crippen LogP) is 4.47. The van der Waals surface area contributed by atoms with Crippen molar-refractivity contribution in [2.75, 3.05) is 17.3 Å². The Labute approximate surface area is 236 Å². The van der Waals surface area contributed by atoms with E-state index >= 15 is 0 Å². The molecule has 40 heavy (non-hydrogen) atoms. The van der Waals surface area contributed by atoms with Gasteiger partial charge < -0.3 is 28.4 Å². The molecule has 0 aromatic heterocycles. The van der Waals surface area contributed by atoms with Crippen LogP contribution < -0.4 is 4.90 Å². The zero-order valence-corrected chi connectivity index (χ0v) is 23.7. The third kappa shape index (κ3) is 5.15. The summed E-state index contributed by atoms with van der Waals surface area (Å²) >= 11 is 1.48. The smallest absolute Gasteiger partial charge is 0.338 e. The van der Waals surface area contributed by atoms with Gasteiger partial charge in [0.25, 0.3) is 0 Å². The molecule has 1 unspecified atom stereocenters. The summed E-state index contributed by atoms with van der Waals surface area (Å²) in [5.74, 6) is -2.30. The summed E-state index contributed by atoms with van der Waals surface area (Å²) < 4.78 is 49.4. The summed E-state index contributed by atoms with van der Waals surface area (Å²) in [5, 5.41) is -0.283. The van der Waals surface area contributed by atoms with Gasteiger partial charge in [-0.05, 0) is 76.1 Å². The van der Waals surface area contributed by atoms with Crippen LogP contribution in [0.1, 0.15) is 54.6 Å². The molecule has 0 radical (unpaired) electrons. The number of fused-ring (bicyclic) bond motifs is 3. The van der Waals surface area contributed by atoms with Crippen molar-refractivity contribution < 1.29 is 42.4 Å². The fourth-order valence-corrected chi connectivity index (χ4v) is 6.85. The molecule has 0 spiro atoms. The first-order valence-electron chi connectivity index (χ1n) is 13.2. The first kappa shape index (κ1) is 27.6. The summed E-state index contributed by atoms with van der Waals surface area (Å²) in [6.45, 7) is 9.02. The van der Waals surface area contributed by atoms with Gasteiger partial charge in [0.1, 0.15) is 42.2 Å². The first-order chi connectivity index (χ1) is 18.9. The van der Waals surface area contributed by atoms with Crippen molar-refractivity contribution in [3.05, 3.63) is 65.0 Å². The van der Waals surface area contributed by atoms with Gasteiger partial charge in [-0.15, -0.1) is 11.8 Å². The van der Waals surface area contributed by atoms with Crippen LogP contribution in [0.15, 0.2) is 42.5 Å². The van der Waals surface area contributed by atoms with Crippen LogP contribution in [0, 0.1) is 12.7 Å². The minimum Gasteiger partial charge on any atom is -0.459 e. The number of thioether (sulfide) groups is 1. The zero-order chi connectivity index (χ0) is 28.4. The standard InChI is InChI=1S/C29H32FNO8S/c1-15-12-17(8-11-19(15)31-21(32)14-40-25(31)16-6-9-18(30)10-7-16)26(33)34-13-20-22-23(37-28(2,3)36-22)24-27(35-20)39-29(4,5)38-24/h6-12,20,22-25,27H,13-14H2,1-5H3/t20-,22+,23+,24-,25?,27-/m1/s1. The van der Waals surface area contributed by atoms with E-state index in [1.54, 1.807) is 35.2 Å². The van der Waals surface area contributed by atoms with Crippen LogP contribution in [-0.4, -0.2) is 66.5 Å². The number of rotatable bonds is 5. The van der Waals surface area contributed by atoms with E-state index in [1.807, 2.05) is 34.6 Å². The SMILES string of the molecule is Cc1cc(C(=O)OC[C@H]2O[C@@H]3OC(C)(C)O[C@@H]3[C@H]3OC(C)(C)O[C@H]32)ccc1N1C(=O)CSC1c1ccc(F)cc1. The second kappa shape index (κ2) is 10.1. The Kier molecular flexibility index (Phi) is 6.96. The molecule has 4 saturated heterocycles. The highest BCUT2D eigenvalue weighted by Crippen LogP contribution is 2.45. The number of benzene rings is 2. The zero-order valence-electron chi connectivity index (χ0n) is 22.9. The van der Waals surface area contributed by atoms with Crippen LogP contribution in [0.4, 0.5) is 10.1 Å². The van der Waals surface area contributed by atoms with Crippen LogP contribution in [0.3, 0.4) is 0 Å². The molecule has 2 aromatic rings. The molecule has 6 rings (SSSR count). The lowest BCUT2D eigenvalue weighted by Gasteiger charge is -2.36. The maximum absolute atomic E-state index is 13.5. The van der Waals surface area contributed by atoms with E-state index in [1.165, 1.54) is 23.9 Å². The van der Waals surface area contributed by atoms with Gasteiger partial charge in [-0.1, -0.05) is 12.1 Å². The summed E-state index contributed by atoms with van der Waals surface area (Å²) in [7, 11) is 0. The minimum atomic E-state index is -0.851. The quantitative estimate of drug-likeness (QED) is 0.481. The van der Waals surface area contributed by atoms with Gasteiger partial charge in [-0.3, -0.25) is 9.69 Å². The summed E-state index contributed by atoms with van der Waals surface area (Å²) in [6.07, 6.45) is -2.71. The Morgan fingerprint density at radius 1 is 1.00 bits per heavy atom. The van der Waals surface area contributed by atoms with Crippen molar-refractivity contribution in [2.45, 2.75) is 82.3 Å². The average Bonchev–Trinajstić information content (AvgIpc) is 3.53. The molecule has 0 N–H and O–H groups in total. The second-order valence-corrected chi connectivity index (χ2v) is 12.4. The largest absolute Gasteiger partial charge is 0.459 e. The molecule has 214 valence electrons. The van der Waals surface area contributed by atoms with Gasteiger partial charge >= 0.3 is 5.97 Å². The van der Waals surface area contributed by atoms with Crippen molar-refractivity contribution in [3.63, 3.8) is 0 Å². The van der Waals surface area contributed by atoms with E-state index in [4.69, 9.17) is 28.4 Å². The lowest BCUT2D eigenvalue weighted by Crippen LogP contribution is -2.56. The number of amides is 1. The molecule has 6 atom stereocenters. The number of aryl methyl sites for hydroxylation is 1. The number of hydrogen-bond acceptors (Lipinski definition) is 9. The van der Waals surface area contributed by atoms with Crippen molar-refractivity contribution >= 4 is 29.3 Å². The summed E-state index contributed by atoms with van der Waals surface area (Å²) in [5.41, 5.74) is 2.59. The molecule has 4 aliphatic heterocycles. The molecule has 4 fully saturated rings. The maximum Gasteiger partial charge on any atom is 0.338 e. The molecule has 0 saturated carbocycles. The molecule has 0 aliphatic carbocycles. The highest BCUT2D eigenvalue weighted by atomic mass is 32.2. The van der Waals surface area contributed by atoms with Crippen LogP contribution >= 0.6 is 11.8 Å². The number of ether oxygens (including phenoxy) is 6. The van der Waals surface area contributed by atoms with Gasteiger partial charge in [0.05, 0.1) is 11.3 Å². The lowest BCUT2D eigenvalue weighted by molar-refractivity contribution is -0.240. The highest BCUT2D eigenvalue weighted by molar-refractivity contribution is 8.00. The van der Waals surface area contributed by atoms with Crippen molar-refractivity contribution in [1.82, 2.24) is 0 Å². The second-order valence-electron chi connectivity index (χ2n) is 11.3. The molecule has 1 amide bonds. The first-order valence-corrected chi connectivity index (χ1v) is 14.3. The topological polar surface area (TPSA) is 92.8 Å². The number of carbonyl (C=O) groups excluding carboxylic acids is 2. The number of hydrogen-bond donors (Lipinski definition) is 0. The van der Waals surface area contributed by atoms with Crippen molar-refractivity contribution in [1.29, 1.82) is 0 Å². The van der Waals surface area contributed by atoms with Crippen LogP contribution in [0.2, 0.25) is 0 Å². The minimum absolute atomic E-state index is 0.0527. The van der Waals surface area contributed by atoms with E-state index in [-0.39, 0.29) is 23.7 Å². The molecule has 4 heterocycles. The molecule has 0 bridgehead atoms. The van der Waals surface area contributed by atoms with Crippen molar-refractivity contribution in [3.8, 4) is 0 Å². The van der Waals surface area contributed by atoms with Crippen LogP contribution in [0.25, 0.3) is 0 Å². The van der Waals surface area contributed by atoms with Gasteiger partial charge in [0, 0.05) is 5.69 Å². The molecular weight excluding hydrogens is 541 g/mol. The number of halogens is 1. The molecular formula is C29H32FNO8S. The fraction of sp³-hybridized carbons (Fsp3) is 0.517. The van der Waals surface area contributed by atoms with E-state index in [9.17, 15) is 14.0 Å². The van der Waals surface area contributed by atoms with E-state index in [0.717, 1.165) is 11.1 Å². The summed E-state index contributed by atoms with van der Waals surface area (Å²) in [4.78, 5) is 27.6. The Morgan fingerprint density at radius 2 is 1.68 bits per heavy atom. The predicted molar refractivity (Wildman–Crippen MR) is 143 cm³/mol. The number of esters is 1. The molecule has 9 nitrogen and oxygen atoms in total. The van der Waals surface area contributed by atoms with Gasteiger partial charge in [-0.2, -0.15) is 0 Å². The van der Waals surface area contributed by atoms with Crippen molar-refractivity contribution in [2.24, 2.45) is 0 Å². The van der Waals surface area contributed by atoms with Crippen LogP contribution in [-0.2, 0) is 33.2 Å². The van der Waals surface area contributed by atoms with Gasteiger partial charge in [0.2, 0.25) is 5.91 Å². The Morgan fingerprint density at radius 3 is 2.40 bits per heavy atom. The van der Waals surface area contributed by atoms with Gasteiger partial charge in [-0.25, -0.2) is 9.18 Å². The van der Waals surface area contributed by atoms with E-state index < -0.39 is 48.2 Å². The monoisotopic (exact) mass is 573 g/mol. The number of anilines is 1. The highest BCUT2D eigenvalue weighted by Gasteiger charge is 2.60. The fourth-order valence-electron chi connectivity index (χ4n) is 5.68. The Bertz CT molecular complexity index is 1320. The number of nitrogens with zero attached hydrogens (tertiary/aromatic N) is 1. The Balaban J connectivity index is 1.16. The Hall–Kier alpha value is -2.54. The third-order valence-electron chi connectivity index (χ3n) is 7.34. The van der Waals surface area contributed by atoms with Crippen LogP contribution in [0.5, 0.6) is 0 Å². The molecule has 11 heteroatoms. The normalized spacial score (nSPS) is 32.1. The van der Waals surface area contributed by atoms with Gasteiger partial charge in [0.15, 0.2) is 17.9 Å². The van der Waals surface area contributed by atoms with E-state index in [0.29, 0.717) is 17.0 Å². The van der Waals surface area contributed by atoms with E-state index in [2.05, 4.69) is 0 Å². The molecule has 2 aromatic carbocycles. The average molecular weight is 574 g/mol. The maximum atomic E-state index is 13.5. The number of carbonyl (C=O) groups is 2. The summed E-state index contributed by atoms with van der Waals surface area (Å²) in [6, 6.07) is 11.2. The lowest BCUT2D eigenvalue weighted by atomic mass is 9.99. The third-order valence-corrected chi connectivity index (χ3v) is 8.56. The molecule has 4 aliphatic rings.